The van der Waals surface area contributed by atoms with Gasteiger partial charge >= 0.3 is 0 Å². The molecule has 23 heavy (non-hydrogen) atoms. The van der Waals surface area contributed by atoms with Crippen molar-refractivity contribution in [3.63, 3.8) is 0 Å². The highest BCUT2D eigenvalue weighted by Crippen LogP contribution is 2.27. The SMILES string of the molecule is CCOc1ccccc1OCCCC(CN)c1ccccc1F. The molecule has 0 saturated carbocycles. The molecule has 124 valence electrons. The molecular formula is C19H24FNO2. The average molecular weight is 317 g/mol. The van der Waals surface area contributed by atoms with Gasteiger partial charge in [0.15, 0.2) is 11.5 Å². The van der Waals surface area contributed by atoms with E-state index in [1.807, 2.05) is 37.3 Å². The summed E-state index contributed by atoms with van der Waals surface area (Å²) in [5, 5.41) is 0. The number of hydrogen-bond acceptors (Lipinski definition) is 3. The fourth-order valence-electron chi connectivity index (χ4n) is 2.56. The number of ether oxygens (including phenoxy) is 2. The molecule has 0 saturated heterocycles. The molecule has 1 unspecified atom stereocenters. The molecule has 2 aromatic carbocycles. The van der Waals surface area contributed by atoms with Crippen molar-refractivity contribution < 1.29 is 13.9 Å². The summed E-state index contributed by atoms with van der Waals surface area (Å²) in [7, 11) is 0. The van der Waals surface area contributed by atoms with E-state index in [2.05, 4.69) is 0 Å². The summed E-state index contributed by atoms with van der Waals surface area (Å²) in [6.45, 7) is 3.52. The first kappa shape index (κ1) is 17.3. The Balaban J connectivity index is 1.86. The largest absolute Gasteiger partial charge is 0.490 e. The van der Waals surface area contributed by atoms with E-state index in [1.54, 1.807) is 12.1 Å². The van der Waals surface area contributed by atoms with E-state index in [1.165, 1.54) is 6.07 Å². The van der Waals surface area contributed by atoms with Crippen LogP contribution in [0.5, 0.6) is 11.5 Å². The molecule has 2 rings (SSSR count). The second-order valence-corrected chi connectivity index (χ2v) is 5.32. The Kier molecular flexibility index (Phi) is 6.88. The number of benzene rings is 2. The number of hydrogen-bond donors (Lipinski definition) is 1. The maximum Gasteiger partial charge on any atom is 0.161 e. The normalized spacial score (nSPS) is 12.0. The number of rotatable bonds is 9. The van der Waals surface area contributed by atoms with Crippen LogP contribution < -0.4 is 15.2 Å². The van der Waals surface area contributed by atoms with Gasteiger partial charge in [-0.25, -0.2) is 4.39 Å². The third kappa shape index (κ3) is 4.96. The molecule has 4 heteroatoms. The molecular weight excluding hydrogens is 293 g/mol. The zero-order valence-electron chi connectivity index (χ0n) is 13.5. The fourth-order valence-corrected chi connectivity index (χ4v) is 2.56. The fraction of sp³-hybridized carbons (Fsp3) is 0.368. The van der Waals surface area contributed by atoms with Crippen molar-refractivity contribution in [1.29, 1.82) is 0 Å². The summed E-state index contributed by atoms with van der Waals surface area (Å²) in [6.07, 6.45) is 1.59. The van der Waals surface area contributed by atoms with Crippen LogP contribution >= 0.6 is 0 Å². The topological polar surface area (TPSA) is 44.5 Å². The Morgan fingerprint density at radius 3 is 2.30 bits per heavy atom. The van der Waals surface area contributed by atoms with Gasteiger partial charge in [-0.2, -0.15) is 0 Å². The smallest absolute Gasteiger partial charge is 0.161 e. The molecule has 0 heterocycles. The van der Waals surface area contributed by atoms with Crippen LogP contribution in [-0.2, 0) is 0 Å². The molecule has 0 radical (unpaired) electrons. The summed E-state index contributed by atoms with van der Waals surface area (Å²) in [5.74, 6) is 1.32. The van der Waals surface area contributed by atoms with Crippen molar-refractivity contribution in [1.82, 2.24) is 0 Å². The van der Waals surface area contributed by atoms with Crippen LogP contribution in [0.1, 0.15) is 31.2 Å². The van der Waals surface area contributed by atoms with E-state index < -0.39 is 0 Å². The second kappa shape index (κ2) is 9.16. The minimum atomic E-state index is -0.189. The van der Waals surface area contributed by atoms with E-state index in [0.717, 1.165) is 24.3 Å². The van der Waals surface area contributed by atoms with Crippen LogP contribution in [0.15, 0.2) is 48.5 Å². The van der Waals surface area contributed by atoms with Crippen LogP contribution in [0.25, 0.3) is 0 Å². The maximum absolute atomic E-state index is 13.8. The van der Waals surface area contributed by atoms with Gasteiger partial charge in [-0.05, 0) is 56.0 Å². The predicted molar refractivity (Wildman–Crippen MR) is 90.5 cm³/mol. The molecule has 2 aromatic rings. The first-order valence-electron chi connectivity index (χ1n) is 8.05. The molecule has 0 spiro atoms. The summed E-state index contributed by atoms with van der Waals surface area (Å²) in [4.78, 5) is 0. The monoisotopic (exact) mass is 317 g/mol. The molecule has 3 nitrogen and oxygen atoms in total. The van der Waals surface area contributed by atoms with Gasteiger partial charge in [-0.3, -0.25) is 0 Å². The van der Waals surface area contributed by atoms with E-state index in [0.29, 0.717) is 25.3 Å². The number of nitrogens with two attached hydrogens (primary N) is 1. The molecule has 0 aromatic heterocycles. The Hall–Kier alpha value is -2.07. The van der Waals surface area contributed by atoms with Gasteiger partial charge < -0.3 is 15.2 Å². The third-order valence-electron chi connectivity index (χ3n) is 3.73. The molecule has 0 aliphatic carbocycles. The lowest BCUT2D eigenvalue weighted by Crippen LogP contribution is -2.15. The summed E-state index contributed by atoms with van der Waals surface area (Å²) in [6, 6.07) is 14.4. The highest BCUT2D eigenvalue weighted by atomic mass is 19.1. The van der Waals surface area contributed by atoms with Gasteiger partial charge in [0.1, 0.15) is 5.82 Å². The van der Waals surface area contributed by atoms with Crippen molar-refractivity contribution in [2.24, 2.45) is 5.73 Å². The minimum absolute atomic E-state index is 0.0157. The van der Waals surface area contributed by atoms with Gasteiger partial charge in [-0.15, -0.1) is 0 Å². The van der Waals surface area contributed by atoms with Crippen molar-refractivity contribution in [3.05, 3.63) is 59.9 Å². The standard InChI is InChI=1S/C19H24FNO2/c1-2-22-18-11-5-6-12-19(18)23-13-7-8-15(14-21)16-9-3-4-10-17(16)20/h3-6,9-12,15H,2,7-8,13-14,21H2,1H3. The summed E-state index contributed by atoms with van der Waals surface area (Å²) < 4.78 is 25.2. The molecule has 1 atom stereocenters. The maximum atomic E-state index is 13.8. The lowest BCUT2D eigenvalue weighted by molar-refractivity contribution is 0.268. The van der Waals surface area contributed by atoms with Gasteiger partial charge in [0.2, 0.25) is 0 Å². The highest BCUT2D eigenvalue weighted by Gasteiger charge is 2.13. The Bertz CT molecular complexity index is 603. The lowest BCUT2D eigenvalue weighted by atomic mass is 9.94. The van der Waals surface area contributed by atoms with Crippen LogP contribution in [0, 0.1) is 5.82 Å². The van der Waals surface area contributed by atoms with Crippen molar-refractivity contribution in [3.8, 4) is 11.5 Å². The van der Waals surface area contributed by atoms with Gasteiger partial charge in [0.05, 0.1) is 13.2 Å². The van der Waals surface area contributed by atoms with Crippen LogP contribution in [-0.4, -0.2) is 19.8 Å². The van der Waals surface area contributed by atoms with E-state index in [4.69, 9.17) is 15.2 Å². The van der Waals surface area contributed by atoms with E-state index >= 15 is 0 Å². The minimum Gasteiger partial charge on any atom is -0.490 e. The van der Waals surface area contributed by atoms with Gasteiger partial charge in [0.25, 0.3) is 0 Å². The van der Waals surface area contributed by atoms with Crippen LogP contribution in [0.3, 0.4) is 0 Å². The molecule has 0 aliphatic rings. The zero-order valence-corrected chi connectivity index (χ0v) is 13.5. The number of para-hydroxylation sites is 2. The molecule has 0 amide bonds. The third-order valence-corrected chi connectivity index (χ3v) is 3.73. The lowest BCUT2D eigenvalue weighted by Gasteiger charge is -2.16. The Labute approximate surface area is 137 Å². The van der Waals surface area contributed by atoms with E-state index in [-0.39, 0.29) is 11.7 Å². The van der Waals surface area contributed by atoms with Gasteiger partial charge in [0, 0.05) is 0 Å². The summed E-state index contributed by atoms with van der Waals surface area (Å²) in [5.41, 5.74) is 6.49. The molecule has 0 fully saturated rings. The second-order valence-electron chi connectivity index (χ2n) is 5.32. The van der Waals surface area contributed by atoms with Crippen molar-refractivity contribution in [2.45, 2.75) is 25.7 Å². The van der Waals surface area contributed by atoms with E-state index in [9.17, 15) is 4.39 Å². The van der Waals surface area contributed by atoms with Crippen molar-refractivity contribution >= 4 is 0 Å². The van der Waals surface area contributed by atoms with Gasteiger partial charge in [-0.1, -0.05) is 30.3 Å². The number of halogens is 1. The Morgan fingerprint density at radius 2 is 1.65 bits per heavy atom. The predicted octanol–water partition coefficient (Wildman–Crippen LogP) is 4.13. The molecule has 2 N–H and O–H groups in total. The van der Waals surface area contributed by atoms with Crippen molar-refractivity contribution in [2.75, 3.05) is 19.8 Å². The van der Waals surface area contributed by atoms with Crippen LogP contribution in [0.4, 0.5) is 4.39 Å². The molecule has 0 aliphatic heterocycles. The first-order valence-corrected chi connectivity index (χ1v) is 8.05. The average Bonchev–Trinajstić information content (AvgIpc) is 2.58. The zero-order chi connectivity index (χ0) is 16.5. The first-order chi connectivity index (χ1) is 11.3. The molecule has 0 bridgehead atoms. The highest BCUT2D eigenvalue weighted by molar-refractivity contribution is 5.39. The van der Waals surface area contributed by atoms with Crippen LogP contribution in [0.2, 0.25) is 0 Å². The Morgan fingerprint density at radius 1 is 1.00 bits per heavy atom. The summed E-state index contributed by atoms with van der Waals surface area (Å²) >= 11 is 0. The quantitative estimate of drug-likeness (QED) is 0.707.